The number of ether oxygens (including phenoxy) is 3. The zero-order valence-electron chi connectivity index (χ0n) is 18.4. The molecule has 168 valence electrons. The normalized spacial score (nSPS) is 10.8. The molecule has 0 radical (unpaired) electrons. The Hall–Kier alpha value is -4.33. The summed E-state index contributed by atoms with van der Waals surface area (Å²) in [7, 11) is 4.25. The highest BCUT2D eigenvalue weighted by molar-refractivity contribution is 5.96. The van der Waals surface area contributed by atoms with Gasteiger partial charge in [-0.1, -0.05) is 42.5 Å². The van der Waals surface area contributed by atoms with Crippen molar-refractivity contribution < 1.29 is 28.9 Å². The summed E-state index contributed by atoms with van der Waals surface area (Å²) in [5.74, 6) is -0.967. The molecule has 0 bridgehead atoms. The summed E-state index contributed by atoms with van der Waals surface area (Å²) >= 11 is 0. The molecule has 0 atom stereocenters. The van der Waals surface area contributed by atoms with Crippen LogP contribution in [0.3, 0.4) is 0 Å². The molecular formula is C25H22N2O6. The van der Waals surface area contributed by atoms with Crippen LogP contribution >= 0.6 is 0 Å². The quantitative estimate of drug-likeness (QED) is 0.426. The van der Waals surface area contributed by atoms with E-state index in [1.165, 1.54) is 21.3 Å². The van der Waals surface area contributed by atoms with Gasteiger partial charge in [0.05, 0.1) is 44.7 Å². The SMILES string of the molecule is COC(=O)c1nn(-c2cccc3ccccc23)c(-c2c(OC)cccc2OC)c1CC(=O)O. The highest BCUT2D eigenvalue weighted by Gasteiger charge is 2.30. The van der Waals surface area contributed by atoms with Gasteiger partial charge in [-0.25, -0.2) is 9.48 Å². The van der Waals surface area contributed by atoms with E-state index >= 15 is 0 Å². The van der Waals surface area contributed by atoms with E-state index in [1.54, 1.807) is 22.9 Å². The molecule has 4 rings (SSSR count). The van der Waals surface area contributed by atoms with Crippen molar-refractivity contribution in [1.82, 2.24) is 9.78 Å². The van der Waals surface area contributed by atoms with Crippen molar-refractivity contribution in [3.05, 3.63) is 71.9 Å². The summed E-state index contributed by atoms with van der Waals surface area (Å²) in [6.07, 6.45) is -0.453. The van der Waals surface area contributed by atoms with Gasteiger partial charge in [-0.2, -0.15) is 5.10 Å². The topological polar surface area (TPSA) is 99.9 Å². The summed E-state index contributed by atoms with van der Waals surface area (Å²) in [5, 5.41) is 16.1. The molecule has 0 fully saturated rings. The molecular weight excluding hydrogens is 424 g/mol. The molecule has 8 nitrogen and oxygen atoms in total. The fraction of sp³-hybridized carbons (Fsp3) is 0.160. The molecule has 0 amide bonds. The number of esters is 1. The zero-order valence-corrected chi connectivity index (χ0v) is 18.4. The number of hydrogen-bond acceptors (Lipinski definition) is 6. The number of hydrogen-bond donors (Lipinski definition) is 1. The Bertz CT molecular complexity index is 1330. The van der Waals surface area contributed by atoms with Gasteiger partial charge >= 0.3 is 11.9 Å². The van der Waals surface area contributed by atoms with Gasteiger partial charge < -0.3 is 19.3 Å². The molecule has 0 saturated heterocycles. The third kappa shape index (κ3) is 3.87. The molecule has 4 aromatic rings. The van der Waals surface area contributed by atoms with Crippen molar-refractivity contribution in [2.24, 2.45) is 0 Å². The molecule has 0 aliphatic heterocycles. The Morgan fingerprint density at radius 3 is 2.18 bits per heavy atom. The minimum atomic E-state index is -1.12. The minimum absolute atomic E-state index is 0.0872. The number of rotatable bonds is 7. The number of carboxylic acid groups (broad SMARTS) is 1. The molecule has 0 saturated carbocycles. The van der Waals surface area contributed by atoms with Crippen LogP contribution in [0.2, 0.25) is 0 Å². The van der Waals surface area contributed by atoms with Crippen LogP contribution in [0.5, 0.6) is 11.5 Å². The monoisotopic (exact) mass is 446 g/mol. The molecule has 33 heavy (non-hydrogen) atoms. The lowest BCUT2D eigenvalue weighted by Crippen LogP contribution is -2.09. The maximum Gasteiger partial charge on any atom is 0.358 e. The van der Waals surface area contributed by atoms with Crippen molar-refractivity contribution in [3.8, 4) is 28.4 Å². The lowest BCUT2D eigenvalue weighted by molar-refractivity contribution is -0.136. The smallest absolute Gasteiger partial charge is 0.358 e. The van der Waals surface area contributed by atoms with E-state index in [4.69, 9.17) is 14.2 Å². The first-order valence-corrected chi connectivity index (χ1v) is 10.1. The second kappa shape index (κ2) is 9.04. The van der Waals surface area contributed by atoms with Crippen molar-refractivity contribution in [1.29, 1.82) is 0 Å². The van der Waals surface area contributed by atoms with Crippen LogP contribution in [0.1, 0.15) is 16.1 Å². The van der Waals surface area contributed by atoms with Gasteiger partial charge in [0.1, 0.15) is 11.5 Å². The number of carbonyl (C=O) groups is 2. The average Bonchev–Trinajstić information content (AvgIpc) is 3.20. The molecule has 0 unspecified atom stereocenters. The predicted molar refractivity (Wildman–Crippen MR) is 122 cm³/mol. The number of carboxylic acids is 1. The number of methoxy groups -OCH3 is 3. The molecule has 1 heterocycles. The lowest BCUT2D eigenvalue weighted by atomic mass is 10.00. The minimum Gasteiger partial charge on any atom is -0.496 e. The zero-order chi connectivity index (χ0) is 23.5. The Kier molecular flexibility index (Phi) is 5.99. The van der Waals surface area contributed by atoms with Gasteiger partial charge in [-0.3, -0.25) is 4.79 Å². The van der Waals surface area contributed by atoms with Crippen molar-refractivity contribution in [2.75, 3.05) is 21.3 Å². The van der Waals surface area contributed by atoms with Gasteiger partial charge in [0.15, 0.2) is 5.69 Å². The van der Waals surface area contributed by atoms with Gasteiger partial charge in [-0.15, -0.1) is 0 Å². The summed E-state index contributed by atoms with van der Waals surface area (Å²) in [6, 6.07) is 18.6. The van der Waals surface area contributed by atoms with Crippen LogP contribution < -0.4 is 9.47 Å². The maximum atomic E-state index is 12.7. The van der Waals surface area contributed by atoms with Gasteiger partial charge in [-0.05, 0) is 23.6 Å². The standard InChI is InChI=1S/C25H22N2O6/c1-31-19-12-7-13-20(32-2)22(19)24-17(14-21(28)29)23(25(30)33-3)26-27(24)18-11-6-9-15-8-4-5-10-16(15)18/h4-13H,14H2,1-3H3,(H,28,29). The maximum absolute atomic E-state index is 12.7. The Labute approximate surface area is 189 Å². The Morgan fingerprint density at radius 1 is 0.909 bits per heavy atom. The number of aromatic nitrogens is 2. The third-order valence-electron chi connectivity index (χ3n) is 5.35. The largest absolute Gasteiger partial charge is 0.496 e. The van der Waals surface area contributed by atoms with Crippen molar-refractivity contribution >= 4 is 22.7 Å². The number of nitrogens with zero attached hydrogens (tertiary/aromatic N) is 2. The van der Waals surface area contributed by atoms with E-state index < -0.39 is 18.4 Å². The number of fused-ring (bicyclic) bond motifs is 1. The van der Waals surface area contributed by atoms with E-state index in [0.717, 1.165) is 10.8 Å². The first kappa shape index (κ1) is 21.9. The first-order chi connectivity index (χ1) is 16.0. The summed E-state index contributed by atoms with van der Waals surface area (Å²) in [6.45, 7) is 0. The van der Waals surface area contributed by atoms with Gasteiger partial charge in [0.2, 0.25) is 0 Å². The van der Waals surface area contributed by atoms with Gasteiger partial charge in [0.25, 0.3) is 0 Å². The average molecular weight is 446 g/mol. The second-order valence-electron chi connectivity index (χ2n) is 7.19. The van der Waals surface area contributed by atoms with Crippen molar-refractivity contribution in [3.63, 3.8) is 0 Å². The van der Waals surface area contributed by atoms with Crippen LogP contribution in [-0.4, -0.2) is 48.2 Å². The molecule has 3 aromatic carbocycles. The van der Waals surface area contributed by atoms with E-state index in [-0.39, 0.29) is 11.3 Å². The number of aliphatic carboxylic acids is 1. The molecule has 1 N–H and O–H groups in total. The van der Waals surface area contributed by atoms with Crippen LogP contribution in [0.25, 0.3) is 27.7 Å². The van der Waals surface area contributed by atoms with Gasteiger partial charge in [0, 0.05) is 10.9 Å². The molecule has 1 aromatic heterocycles. The van der Waals surface area contributed by atoms with E-state index in [1.807, 2.05) is 42.5 Å². The number of benzene rings is 3. The van der Waals surface area contributed by atoms with Crippen molar-refractivity contribution in [2.45, 2.75) is 6.42 Å². The number of carbonyl (C=O) groups excluding carboxylic acids is 1. The molecule has 0 spiro atoms. The summed E-state index contributed by atoms with van der Waals surface area (Å²) in [4.78, 5) is 24.5. The molecule has 0 aliphatic rings. The summed E-state index contributed by atoms with van der Waals surface area (Å²) < 4.78 is 17.7. The summed E-state index contributed by atoms with van der Waals surface area (Å²) in [5.41, 5.74) is 1.64. The fourth-order valence-electron chi connectivity index (χ4n) is 3.94. The predicted octanol–water partition coefficient (Wildman–Crippen LogP) is 4.12. The Balaban J connectivity index is 2.18. The van der Waals surface area contributed by atoms with Crippen LogP contribution in [-0.2, 0) is 16.0 Å². The third-order valence-corrected chi connectivity index (χ3v) is 5.35. The second-order valence-corrected chi connectivity index (χ2v) is 7.19. The van der Waals surface area contributed by atoms with E-state index in [9.17, 15) is 14.7 Å². The van der Waals surface area contributed by atoms with Crippen LogP contribution in [0.4, 0.5) is 0 Å². The highest BCUT2D eigenvalue weighted by Crippen LogP contribution is 2.43. The van der Waals surface area contributed by atoms with Crippen LogP contribution in [0.15, 0.2) is 60.7 Å². The molecule has 0 aliphatic carbocycles. The van der Waals surface area contributed by atoms with E-state index in [2.05, 4.69) is 5.10 Å². The highest BCUT2D eigenvalue weighted by atomic mass is 16.5. The van der Waals surface area contributed by atoms with E-state index in [0.29, 0.717) is 28.4 Å². The fourth-order valence-corrected chi connectivity index (χ4v) is 3.94. The Morgan fingerprint density at radius 2 is 1.55 bits per heavy atom. The molecule has 8 heteroatoms. The van der Waals surface area contributed by atoms with Crippen LogP contribution in [0, 0.1) is 0 Å². The lowest BCUT2D eigenvalue weighted by Gasteiger charge is -2.17. The first-order valence-electron chi connectivity index (χ1n) is 10.1.